The van der Waals surface area contributed by atoms with E-state index in [1.54, 1.807) is 18.4 Å². The van der Waals surface area contributed by atoms with Gasteiger partial charge in [0, 0.05) is 11.5 Å². The van der Waals surface area contributed by atoms with Crippen molar-refractivity contribution in [3.05, 3.63) is 20.8 Å². The third-order valence-corrected chi connectivity index (χ3v) is 3.44. The Morgan fingerprint density at radius 3 is 2.91 bits per heavy atom. The molecule has 0 bridgehead atoms. The number of hydrogen-bond donors (Lipinski definition) is 0. The lowest BCUT2D eigenvalue weighted by Gasteiger charge is -1.98. The molecule has 0 saturated heterocycles. The van der Waals surface area contributed by atoms with Gasteiger partial charge in [-0.15, -0.1) is 11.3 Å². The summed E-state index contributed by atoms with van der Waals surface area (Å²) in [5, 5.41) is 9.37. The number of rotatable bonds is 2. The molecule has 0 aliphatic carbocycles. The van der Waals surface area contributed by atoms with Gasteiger partial charge < -0.3 is 0 Å². The largest absolute Gasteiger partial charge is 0.196 e. The van der Waals surface area contributed by atoms with Crippen LogP contribution in [-0.4, -0.2) is 7.05 Å². The number of hydrogen-bond acceptors (Lipinski definition) is 3. The fourth-order valence-corrected chi connectivity index (χ4v) is 2.62. The Labute approximate surface area is 82.4 Å². The highest BCUT2D eigenvalue weighted by molar-refractivity contribution is 9.10. The van der Waals surface area contributed by atoms with E-state index in [9.17, 15) is 0 Å². The van der Waals surface area contributed by atoms with E-state index in [-0.39, 0.29) is 5.50 Å². The topological polar surface area (TPSA) is 24.7 Å². The van der Waals surface area contributed by atoms with Gasteiger partial charge in [-0.2, -0.15) is 10.2 Å². The van der Waals surface area contributed by atoms with Crippen LogP contribution in [0.1, 0.15) is 10.4 Å². The summed E-state index contributed by atoms with van der Waals surface area (Å²) in [6.45, 7) is 0. The molecule has 1 rings (SSSR count). The van der Waals surface area contributed by atoms with Gasteiger partial charge in [0.1, 0.15) is 0 Å². The third kappa shape index (κ3) is 2.25. The number of azo groups is 1. The van der Waals surface area contributed by atoms with E-state index in [1.165, 1.54) is 0 Å². The van der Waals surface area contributed by atoms with Crippen LogP contribution in [0.15, 0.2) is 26.1 Å². The van der Waals surface area contributed by atoms with Crippen molar-refractivity contribution < 1.29 is 0 Å². The molecule has 60 valence electrons. The summed E-state index contributed by atoms with van der Waals surface area (Å²) < 4.78 is 0.995. The lowest BCUT2D eigenvalue weighted by atomic mass is 10.5. The zero-order chi connectivity index (χ0) is 8.27. The van der Waals surface area contributed by atoms with Gasteiger partial charge in [0.05, 0.1) is 4.88 Å². The molecular weight excluding hydrogens is 248 g/mol. The van der Waals surface area contributed by atoms with Crippen LogP contribution in [0.5, 0.6) is 0 Å². The predicted octanol–water partition coefficient (Wildman–Crippen LogP) is 3.83. The zero-order valence-electron chi connectivity index (χ0n) is 5.79. The normalized spacial score (nSPS) is 14.1. The summed E-state index contributed by atoms with van der Waals surface area (Å²) in [4.78, 5) is 0.997. The minimum Gasteiger partial charge on any atom is -0.196 e. The maximum Gasteiger partial charge on any atom is 0.179 e. The molecule has 5 heteroatoms. The first kappa shape index (κ1) is 9.16. The minimum absolute atomic E-state index is 0.352. The summed E-state index contributed by atoms with van der Waals surface area (Å²) in [7, 11) is 1.61. The molecule has 0 amide bonds. The smallest absolute Gasteiger partial charge is 0.179 e. The first-order chi connectivity index (χ1) is 5.25. The molecule has 0 saturated carbocycles. The van der Waals surface area contributed by atoms with Gasteiger partial charge in [-0.05, 0) is 27.4 Å². The van der Waals surface area contributed by atoms with Crippen LogP contribution < -0.4 is 0 Å². The van der Waals surface area contributed by atoms with Crippen LogP contribution in [0.25, 0.3) is 0 Å². The van der Waals surface area contributed by atoms with Gasteiger partial charge in [0.15, 0.2) is 5.50 Å². The summed E-state index contributed by atoms with van der Waals surface area (Å²) in [5.41, 5.74) is -0.352. The van der Waals surface area contributed by atoms with E-state index in [2.05, 4.69) is 26.2 Å². The van der Waals surface area contributed by atoms with Crippen molar-refractivity contribution >= 4 is 38.9 Å². The van der Waals surface area contributed by atoms with Gasteiger partial charge >= 0.3 is 0 Å². The molecule has 11 heavy (non-hydrogen) atoms. The molecule has 0 aliphatic rings. The predicted molar refractivity (Wildman–Crippen MR) is 51.4 cm³/mol. The van der Waals surface area contributed by atoms with Gasteiger partial charge in [-0.1, -0.05) is 11.6 Å². The van der Waals surface area contributed by atoms with Crippen LogP contribution in [0.3, 0.4) is 0 Å². The van der Waals surface area contributed by atoms with E-state index in [4.69, 9.17) is 11.6 Å². The Morgan fingerprint density at radius 2 is 2.45 bits per heavy atom. The van der Waals surface area contributed by atoms with Crippen molar-refractivity contribution in [2.75, 3.05) is 7.05 Å². The number of alkyl halides is 1. The quantitative estimate of drug-likeness (QED) is 0.435. The standard InChI is InChI=1S/C6H6BrClN2S/c1-9-10-6(8)5-4(7)2-3-11-5/h2-3,6H,1H3. The average Bonchev–Trinajstić information content (AvgIpc) is 2.36. The van der Waals surface area contributed by atoms with E-state index < -0.39 is 0 Å². The van der Waals surface area contributed by atoms with Crippen molar-refractivity contribution in [1.82, 2.24) is 0 Å². The Morgan fingerprint density at radius 1 is 1.73 bits per heavy atom. The molecule has 1 unspecified atom stereocenters. The SMILES string of the molecule is CN=NC(Cl)c1sccc1Br. The van der Waals surface area contributed by atoms with Crippen molar-refractivity contribution in [1.29, 1.82) is 0 Å². The van der Waals surface area contributed by atoms with Crippen molar-refractivity contribution in [2.45, 2.75) is 5.50 Å². The van der Waals surface area contributed by atoms with Crippen LogP contribution in [0.2, 0.25) is 0 Å². The second-order valence-corrected chi connectivity index (χ2v) is 4.00. The van der Waals surface area contributed by atoms with Crippen LogP contribution in [0, 0.1) is 0 Å². The van der Waals surface area contributed by atoms with E-state index in [1.807, 2.05) is 11.4 Å². The van der Waals surface area contributed by atoms with Gasteiger partial charge in [0.25, 0.3) is 0 Å². The van der Waals surface area contributed by atoms with E-state index in [0.29, 0.717) is 0 Å². The minimum atomic E-state index is -0.352. The summed E-state index contributed by atoms with van der Waals surface area (Å²) in [6.07, 6.45) is 0. The molecule has 1 atom stereocenters. The summed E-state index contributed by atoms with van der Waals surface area (Å²) >= 11 is 10.8. The van der Waals surface area contributed by atoms with Gasteiger partial charge in [-0.3, -0.25) is 0 Å². The fraction of sp³-hybridized carbons (Fsp3) is 0.333. The summed E-state index contributed by atoms with van der Waals surface area (Å²) in [6, 6.07) is 1.94. The monoisotopic (exact) mass is 252 g/mol. The van der Waals surface area contributed by atoms with Crippen molar-refractivity contribution in [3.63, 3.8) is 0 Å². The Kier molecular flexibility index (Phi) is 3.48. The second kappa shape index (κ2) is 4.18. The van der Waals surface area contributed by atoms with Crippen LogP contribution in [0.4, 0.5) is 0 Å². The Balaban J connectivity index is 2.83. The lowest BCUT2D eigenvalue weighted by Crippen LogP contribution is -1.79. The highest BCUT2D eigenvalue weighted by Crippen LogP contribution is 2.33. The van der Waals surface area contributed by atoms with E-state index >= 15 is 0 Å². The Hall–Kier alpha value is 0.0700. The zero-order valence-corrected chi connectivity index (χ0v) is 8.95. The van der Waals surface area contributed by atoms with Crippen LogP contribution in [-0.2, 0) is 0 Å². The molecule has 0 spiro atoms. The molecule has 1 heterocycles. The van der Waals surface area contributed by atoms with Gasteiger partial charge in [0.2, 0.25) is 0 Å². The molecule has 0 aliphatic heterocycles. The number of nitrogens with zero attached hydrogens (tertiary/aromatic N) is 2. The Bertz CT molecular complexity index is 261. The summed E-state index contributed by atoms with van der Waals surface area (Å²) in [5.74, 6) is 0. The van der Waals surface area contributed by atoms with Crippen molar-refractivity contribution in [3.8, 4) is 0 Å². The molecule has 0 aromatic carbocycles. The molecule has 1 aromatic heterocycles. The van der Waals surface area contributed by atoms with Crippen molar-refractivity contribution in [2.24, 2.45) is 10.2 Å². The average molecular weight is 254 g/mol. The lowest BCUT2D eigenvalue weighted by molar-refractivity contribution is 0.913. The van der Waals surface area contributed by atoms with Crippen LogP contribution >= 0.6 is 38.9 Å². The highest BCUT2D eigenvalue weighted by atomic mass is 79.9. The number of thiophene rings is 1. The molecular formula is C6H6BrClN2S. The van der Waals surface area contributed by atoms with Gasteiger partial charge in [-0.25, -0.2) is 0 Å². The first-order valence-corrected chi connectivity index (χ1v) is 5.02. The maximum absolute atomic E-state index is 5.87. The fourth-order valence-electron chi connectivity index (χ4n) is 0.629. The maximum atomic E-state index is 5.87. The van der Waals surface area contributed by atoms with E-state index in [0.717, 1.165) is 9.35 Å². The molecule has 0 fully saturated rings. The first-order valence-electron chi connectivity index (χ1n) is 2.91. The second-order valence-electron chi connectivity index (χ2n) is 1.78. The molecule has 0 N–H and O–H groups in total. The third-order valence-electron chi connectivity index (χ3n) is 1.08. The molecule has 0 radical (unpaired) electrons. The molecule has 1 aromatic rings. The highest BCUT2D eigenvalue weighted by Gasteiger charge is 2.10. The number of halogens is 2. The molecule has 2 nitrogen and oxygen atoms in total.